The number of aromatic nitrogens is 1. The first-order valence-electron chi connectivity index (χ1n) is 12.4. The zero-order valence-electron chi connectivity index (χ0n) is 21.0. The molecule has 0 atom stereocenters. The Morgan fingerprint density at radius 3 is 2.58 bits per heavy atom. The highest BCUT2D eigenvalue weighted by molar-refractivity contribution is 7.15. The summed E-state index contributed by atoms with van der Waals surface area (Å²) in [5.74, 6) is -0.0397. The molecule has 0 fully saturated rings. The lowest BCUT2D eigenvalue weighted by molar-refractivity contribution is 0.102. The standard InChI is InChI=1S/C30H31N3O2S/c1-20-13-15-25(16-14-20)32-29(34)28-26-11-7-8-12-27(26)36-30(28)33-21(2)17-24(22(33)3)18-31-35-19-23-9-5-4-6-10-23/h4-6,9-10,13-18H,7-8,11-12,19H2,1-3H3,(H,32,34)/b31-18+. The Balaban J connectivity index is 1.45. The summed E-state index contributed by atoms with van der Waals surface area (Å²) in [6.07, 6.45) is 6.04. The third-order valence-electron chi connectivity index (χ3n) is 6.70. The number of aryl methyl sites for hydroxylation is 3. The number of nitrogens with one attached hydrogen (secondary N) is 1. The first kappa shape index (κ1) is 24.1. The number of thiophene rings is 1. The van der Waals surface area contributed by atoms with Gasteiger partial charge in [0.15, 0.2) is 0 Å². The van der Waals surface area contributed by atoms with Crippen molar-refractivity contribution in [2.24, 2.45) is 5.16 Å². The average Bonchev–Trinajstić information content (AvgIpc) is 3.40. The maximum absolute atomic E-state index is 13.6. The Morgan fingerprint density at radius 2 is 1.81 bits per heavy atom. The minimum atomic E-state index is -0.0397. The molecule has 0 spiro atoms. The lowest BCUT2D eigenvalue weighted by Crippen LogP contribution is -2.17. The molecule has 1 N–H and O–H groups in total. The first-order valence-corrected chi connectivity index (χ1v) is 13.2. The molecule has 2 aromatic heterocycles. The van der Waals surface area contributed by atoms with Crippen LogP contribution in [0, 0.1) is 20.8 Å². The van der Waals surface area contributed by atoms with Gasteiger partial charge in [-0.15, -0.1) is 11.3 Å². The second kappa shape index (κ2) is 10.5. The van der Waals surface area contributed by atoms with Gasteiger partial charge in [0.25, 0.3) is 5.91 Å². The van der Waals surface area contributed by atoms with Gasteiger partial charge in [-0.05, 0) is 75.8 Å². The summed E-state index contributed by atoms with van der Waals surface area (Å²) in [6, 6.07) is 20.1. The van der Waals surface area contributed by atoms with Crippen LogP contribution in [-0.2, 0) is 24.3 Å². The van der Waals surface area contributed by atoms with Crippen molar-refractivity contribution >= 4 is 29.1 Å². The summed E-state index contributed by atoms with van der Waals surface area (Å²) in [7, 11) is 0. The van der Waals surface area contributed by atoms with E-state index in [0.29, 0.717) is 6.61 Å². The van der Waals surface area contributed by atoms with Crippen molar-refractivity contribution in [3.8, 4) is 5.00 Å². The van der Waals surface area contributed by atoms with Gasteiger partial charge in [-0.1, -0.05) is 53.2 Å². The normalized spacial score (nSPS) is 13.1. The fourth-order valence-corrected chi connectivity index (χ4v) is 6.28. The number of oxime groups is 1. The van der Waals surface area contributed by atoms with Gasteiger partial charge in [-0.2, -0.15) is 0 Å². The molecule has 1 aliphatic rings. The quantitative estimate of drug-likeness (QED) is 0.218. The van der Waals surface area contributed by atoms with Gasteiger partial charge < -0.3 is 14.7 Å². The number of rotatable bonds is 7. The second-order valence-corrected chi connectivity index (χ2v) is 10.5. The topological polar surface area (TPSA) is 55.6 Å². The fourth-order valence-electron chi connectivity index (χ4n) is 4.78. The Hall–Kier alpha value is -3.64. The molecule has 1 amide bonds. The number of anilines is 1. The van der Waals surface area contributed by atoms with E-state index in [4.69, 9.17) is 4.84 Å². The van der Waals surface area contributed by atoms with Crippen molar-refractivity contribution in [3.05, 3.63) is 105 Å². The predicted molar refractivity (Wildman–Crippen MR) is 148 cm³/mol. The summed E-state index contributed by atoms with van der Waals surface area (Å²) < 4.78 is 2.20. The summed E-state index contributed by atoms with van der Waals surface area (Å²) >= 11 is 1.75. The maximum Gasteiger partial charge on any atom is 0.258 e. The zero-order valence-corrected chi connectivity index (χ0v) is 21.8. The van der Waals surface area contributed by atoms with Crippen molar-refractivity contribution in [1.82, 2.24) is 4.57 Å². The van der Waals surface area contributed by atoms with Gasteiger partial charge in [-0.25, -0.2) is 0 Å². The zero-order chi connectivity index (χ0) is 25.1. The van der Waals surface area contributed by atoms with Gasteiger partial charge >= 0.3 is 0 Å². The highest BCUT2D eigenvalue weighted by Gasteiger charge is 2.28. The number of nitrogens with zero attached hydrogens (tertiary/aromatic N) is 2. The minimum Gasteiger partial charge on any atom is -0.391 e. The third kappa shape index (κ3) is 5.00. The molecule has 2 heterocycles. The molecule has 184 valence electrons. The van der Waals surface area contributed by atoms with Crippen molar-refractivity contribution in [2.45, 2.75) is 53.1 Å². The number of hydrogen-bond donors (Lipinski definition) is 1. The number of fused-ring (bicyclic) bond motifs is 1. The predicted octanol–water partition coefficient (Wildman–Crippen LogP) is 7.15. The minimum absolute atomic E-state index is 0.0397. The lowest BCUT2D eigenvalue weighted by Gasteiger charge is -2.14. The Morgan fingerprint density at radius 1 is 1.06 bits per heavy atom. The molecular formula is C30H31N3O2S. The van der Waals surface area contributed by atoms with Crippen LogP contribution in [0.25, 0.3) is 5.00 Å². The van der Waals surface area contributed by atoms with Crippen LogP contribution in [0.4, 0.5) is 5.69 Å². The van der Waals surface area contributed by atoms with Crippen LogP contribution >= 0.6 is 11.3 Å². The van der Waals surface area contributed by atoms with E-state index in [-0.39, 0.29) is 5.91 Å². The van der Waals surface area contributed by atoms with Gasteiger partial charge in [0, 0.05) is 27.5 Å². The molecule has 6 heteroatoms. The molecule has 2 aromatic carbocycles. The average molecular weight is 498 g/mol. The van der Waals surface area contributed by atoms with Crippen LogP contribution in [0.2, 0.25) is 0 Å². The summed E-state index contributed by atoms with van der Waals surface area (Å²) in [4.78, 5) is 20.5. The van der Waals surface area contributed by atoms with Gasteiger partial charge in [0.1, 0.15) is 11.6 Å². The van der Waals surface area contributed by atoms with E-state index in [1.54, 1.807) is 17.6 Å². The Labute approximate surface area is 216 Å². The maximum atomic E-state index is 13.6. The molecule has 1 aliphatic carbocycles. The molecular weight excluding hydrogens is 466 g/mol. The van der Waals surface area contributed by atoms with Crippen LogP contribution in [0.5, 0.6) is 0 Å². The summed E-state index contributed by atoms with van der Waals surface area (Å²) in [5.41, 5.74) is 8.17. The van der Waals surface area contributed by atoms with E-state index in [2.05, 4.69) is 35.0 Å². The molecule has 0 saturated carbocycles. The van der Waals surface area contributed by atoms with Crippen LogP contribution in [0.3, 0.4) is 0 Å². The first-order chi connectivity index (χ1) is 17.5. The van der Waals surface area contributed by atoms with Crippen LogP contribution in [-0.4, -0.2) is 16.7 Å². The van der Waals surface area contributed by atoms with Gasteiger partial charge in [0.2, 0.25) is 0 Å². The molecule has 0 aliphatic heterocycles. The van der Waals surface area contributed by atoms with E-state index in [1.165, 1.54) is 22.4 Å². The Bertz CT molecular complexity index is 1400. The molecule has 0 saturated heterocycles. The van der Waals surface area contributed by atoms with Gasteiger partial charge in [-0.3, -0.25) is 4.79 Å². The summed E-state index contributed by atoms with van der Waals surface area (Å²) in [6.45, 7) is 6.63. The number of carbonyl (C=O) groups is 1. The monoisotopic (exact) mass is 497 g/mol. The molecule has 0 radical (unpaired) electrons. The smallest absolute Gasteiger partial charge is 0.258 e. The van der Waals surface area contributed by atoms with E-state index in [1.807, 2.05) is 61.5 Å². The molecule has 0 unspecified atom stereocenters. The number of benzene rings is 2. The molecule has 36 heavy (non-hydrogen) atoms. The third-order valence-corrected chi connectivity index (χ3v) is 7.98. The van der Waals surface area contributed by atoms with Crippen molar-refractivity contribution in [2.75, 3.05) is 5.32 Å². The van der Waals surface area contributed by atoms with Crippen molar-refractivity contribution < 1.29 is 9.63 Å². The molecule has 5 nitrogen and oxygen atoms in total. The highest BCUT2D eigenvalue weighted by atomic mass is 32.1. The van der Waals surface area contributed by atoms with E-state index < -0.39 is 0 Å². The van der Waals surface area contributed by atoms with E-state index in [9.17, 15) is 4.79 Å². The largest absolute Gasteiger partial charge is 0.391 e. The molecule has 4 aromatic rings. The Kier molecular flexibility index (Phi) is 7.05. The lowest BCUT2D eigenvalue weighted by atomic mass is 9.95. The van der Waals surface area contributed by atoms with Crippen LogP contribution in [0.15, 0.2) is 65.8 Å². The fraction of sp³-hybridized carbons (Fsp3) is 0.267. The van der Waals surface area contributed by atoms with Crippen LogP contribution in [0.1, 0.15) is 61.7 Å². The van der Waals surface area contributed by atoms with E-state index in [0.717, 1.165) is 58.0 Å². The highest BCUT2D eigenvalue weighted by Crippen LogP contribution is 2.39. The summed E-state index contributed by atoms with van der Waals surface area (Å²) in [5, 5.41) is 8.35. The van der Waals surface area contributed by atoms with Crippen molar-refractivity contribution in [3.63, 3.8) is 0 Å². The van der Waals surface area contributed by atoms with E-state index >= 15 is 0 Å². The second-order valence-electron chi connectivity index (χ2n) is 9.37. The SMILES string of the molecule is Cc1ccc(NC(=O)c2c(-n3c(C)cc(/C=N/OCc4ccccc4)c3C)sc3c2CCCC3)cc1. The van der Waals surface area contributed by atoms with Crippen molar-refractivity contribution in [1.29, 1.82) is 0 Å². The molecule has 5 rings (SSSR count). The number of amides is 1. The van der Waals surface area contributed by atoms with Gasteiger partial charge in [0.05, 0.1) is 11.8 Å². The number of carbonyl (C=O) groups excluding carboxylic acids is 1. The van der Waals surface area contributed by atoms with Crippen LogP contribution < -0.4 is 5.32 Å². The molecule has 0 bridgehead atoms. The number of hydrogen-bond acceptors (Lipinski definition) is 4.